The minimum atomic E-state index is -3.56. The molecular formula is C26H34N4O3S2. The van der Waals surface area contributed by atoms with Crippen LogP contribution in [0.3, 0.4) is 0 Å². The van der Waals surface area contributed by atoms with Gasteiger partial charge in [0.05, 0.1) is 15.1 Å². The van der Waals surface area contributed by atoms with E-state index in [1.165, 1.54) is 11.3 Å². The van der Waals surface area contributed by atoms with Gasteiger partial charge in [-0.25, -0.2) is 13.4 Å². The minimum absolute atomic E-state index is 0.174. The van der Waals surface area contributed by atoms with E-state index >= 15 is 0 Å². The Labute approximate surface area is 212 Å². The molecule has 3 aromatic rings. The summed E-state index contributed by atoms with van der Waals surface area (Å²) in [7, 11) is -3.56. The Kier molecular flexibility index (Phi) is 8.21. The maximum atomic E-state index is 13.6. The molecule has 0 spiro atoms. The number of carbonyl (C=O) groups excluding carboxylic acids is 1. The zero-order chi connectivity index (χ0) is 25.0. The Balaban J connectivity index is 1.59. The number of thiazole rings is 1. The first-order valence-electron chi connectivity index (χ1n) is 12.3. The van der Waals surface area contributed by atoms with Crippen molar-refractivity contribution in [2.75, 3.05) is 44.2 Å². The number of anilines is 1. The van der Waals surface area contributed by atoms with Gasteiger partial charge in [0, 0.05) is 31.7 Å². The number of para-hydroxylation sites is 1. The molecular weight excluding hydrogens is 480 g/mol. The van der Waals surface area contributed by atoms with Gasteiger partial charge in [-0.1, -0.05) is 44.2 Å². The predicted molar refractivity (Wildman–Crippen MR) is 143 cm³/mol. The lowest BCUT2D eigenvalue weighted by molar-refractivity contribution is 0.0983. The molecule has 2 aromatic carbocycles. The third kappa shape index (κ3) is 5.74. The molecule has 1 unspecified atom stereocenters. The van der Waals surface area contributed by atoms with E-state index in [1.807, 2.05) is 24.3 Å². The van der Waals surface area contributed by atoms with Crippen molar-refractivity contribution in [1.82, 2.24) is 14.2 Å². The molecule has 1 aromatic heterocycles. The molecule has 188 valence electrons. The second kappa shape index (κ2) is 11.2. The van der Waals surface area contributed by atoms with Crippen molar-refractivity contribution < 1.29 is 13.2 Å². The summed E-state index contributed by atoms with van der Waals surface area (Å²) < 4.78 is 28.9. The van der Waals surface area contributed by atoms with E-state index in [0.717, 1.165) is 42.7 Å². The smallest absolute Gasteiger partial charge is 0.260 e. The van der Waals surface area contributed by atoms with Gasteiger partial charge in [0.1, 0.15) is 0 Å². The minimum Gasteiger partial charge on any atom is -0.302 e. The molecule has 35 heavy (non-hydrogen) atoms. The van der Waals surface area contributed by atoms with E-state index < -0.39 is 10.0 Å². The van der Waals surface area contributed by atoms with E-state index in [1.54, 1.807) is 33.5 Å². The fraction of sp³-hybridized carbons (Fsp3) is 0.462. The van der Waals surface area contributed by atoms with Crippen LogP contribution in [0.15, 0.2) is 53.4 Å². The largest absolute Gasteiger partial charge is 0.302 e. The summed E-state index contributed by atoms with van der Waals surface area (Å²) in [6.45, 7) is 10.4. The van der Waals surface area contributed by atoms with Crippen molar-refractivity contribution in [3.63, 3.8) is 0 Å². The second-order valence-corrected chi connectivity index (χ2v) is 12.0. The number of hydrogen-bond donors (Lipinski definition) is 0. The molecule has 9 heteroatoms. The molecule has 1 aliphatic heterocycles. The molecule has 0 bridgehead atoms. The number of likely N-dealkylation sites (N-methyl/N-ethyl adjacent to an activating group) is 1. The van der Waals surface area contributed by atoms with Gasteiger partial charge in [0.25, 0.3) is 5.91 Å². The standard InChI is InChI=1S/C26H34N4O3S2/c1-4-28(5-2)17-18-30(26-27-23-10-6-7-11-24(23)34-26)25(31)21-12-14-22(15-13-21)35(32,33)29-16-8-9-20(3)19-29/h6-7,10-15,20H,4-5,8-9,16-19H2,1-3H3. The van der Waals surface area contributed by atoms with Crippen LogP contribution in [0.5, 0.6) is 0 Å². The lowest BCUT2D eigenvalue weighted by atomic mass is 10.0. The average Bonchev–Trinajstić information content (AvgIpc) is 3.30. The van der Waals surface area contributed by atoms with Crippen LogP contribution < -0.4 is 4.90 Å². The summed E-state index contributed by atoms with van der Waals surface area (Å²) in [5, 5.41) is 0.655. The van der Waals surface area contributed by atoms with Crippen molar-refractivity contribution in [3.8, 4) is 0 Å². The molecule has 2 heterocycles. The number of fused-ring (bicyclic) bond motifs is 1. The summed E-state index contributed by atoms with van der Waals surface area (Å²) in [6.07, 6.45) is 1.93. The van der Waals surface area contributed by atoms with Crippen molar-refractivity contribution in [2.45, 2.75) is 38.5 Å². The molecule has 4 rings (SSSR count). The van der Waals surface area contributed by atoms with Crippen molar-refractivity contribution in [3.05, 3.63) is 54.1 Å². The highest BCUT2D eigenvalue weighted by Crippen LogP contribution is 2.30. The Bertz CT molecular complexity index is 1220. The molecule has 0 N–H and O–H groups in total. The zero-order valence-corrected chi connectivity index (χ0v) is 22.3. The number of nitrogens with zero attached hydrogens (tertiary/aromatic N) is 4. The number of carbonyl (C=O) groups is 1. The number of hydrogen-bond acceptors (Lipinski definition) is 6. The Hall–Kier alpha value is -2.33. The van der Waals surface area contributed by atoms with Crippen LogP contribution in [-0.2, 0) is 10.0 Å². The second-order valence-electron chi connectivity index (χ2n) is 9.08. The quantitative estimate of drug-likeness (QED) is 0.414. The van der Waals surface area contributed by atoms with Gasteiger partial charge < -0.3 is 4.90 Å². The lowest BCUT2D eigenvalue weighted by Gasteiger charge is -2.30. The van der Waals surface area contributed by atoms with Gasteiger partial charge in [-0.15, -0.1) is 0 Å². The third-order valence-corrected chi connectivity index (χ3v) is 9.59. The van der Waals surface area contributed by atoms with Gasteiger partial charge >= 0.3 is 0 Å². The molecule has 1 fully saturated rings. The lowest BCUT2D eigenvalue weighted by Crippen LogP contribution is -2.39. The number of aromatic nitrogens is 1. The average molecular weight is 515 g/mol. The maximum absolute atomic E-state index is 13.6. The zero-order valence-electron chi connectivity index (χ0n) is 20.7. The summed E-state index contributed by atoms with van der Waals surface area (Å²) in [6, 6.07) is 14.2. The highest BCUT2D eigenvalue weighted by atomic mass is 32.2. The maximum Gasteiger partial charge on any atom is 0.260 e. The number of piperidine rings is 1. The number of benzene rings is 2. The SMILES string of the molecule is CCN(CC)CCN(C(=O)c1ccc(S(=O)(=O)N2CCCC(C)C2)cc1)c1nc2ccccc2s1. The molecule has 0 saturated carbocycles. The number of sulfonamides is 1. The molecule has 7 nitrogen and oxygen atoms in total. The molecule has 1 saturated heterocycles. The van der Waals surface area contributed by atoms with Crippen LogP contribution >= 0.6 is 11.3 Å². The predicted octanol–water partition coefficient (Wildman–Crippen LogP) is 4.71. The van der Waals surface area contributed by atoms with E-state index in [9.17, 15) is 13.2 Å². The van der Waals surface area contributed by atoms with E-state index in [4.69, 9.17) is 4.98 Å². The van der Waals surface area contributed by atoms with Gasteiger partial charge in [0.2, 0.25) is 10.0 Å². The first kappa shape index (κ1) is 25.8. The molecule has 1 aliphatic rings. The van der Waals surface area contributed by atoms with Crippen LogP contribution in [0.25, 0.3) is 10.2 Å². The van der Waals surface area contributed by atoms with Crippen LogP contribution in [0.4, 0.5) is 5.13 Å². The van der Waals surface area contributed by atoms with Crippen LogP contribution in [-0.4, -0.2) is 67.8 Å². The van der Waals surface area contributed by atoms with Gasteiger partial charge in [-0.2, -0.15) is 4.31 Å². The molecule has 1 atom stereocenters. The third-order valence-electron chi connectivity index (χ3n) is 6.65. The van der Waals surface area contributed by atoms with Crippen molar-refractivity contribution in [2.24, 2.45) is 5.92 Å². The Morgan fingerprint density at radius 3 is 2.46 bits per heavy atom. The van der Waals surface area contributed by atoms with Crippen molar-refractivity contribution >= 4 is 42.6 Å². The highest BCUT2D eigenvalue weighted by molar-refractivity contribution is 7.89. The van der Waals surface area contributed by atoms with Gasteiger partial charge in [-0.3, -0.25) is 9.69 Å². The van der Waals surface area contributed by atoms with E-state index in [0.29, 0.717) is 36.2 Å². The first-order chi connectivity index (χ1) is 16.8. The van der Waals surface area contributed by atoms with E-state index in [-0.39, 0.29) is 10.8 Å². The van der Waals surface area contributed by atoms with Gasteiger partial charge in [0.15, 0.2) is 5.13 Å². The molecule has 0 aliphatic carbocycles. The summed E-state index contributed by atoms with van der Waals surface area (Å²) in [4.78, 5) is 22.6. The fourth-order valence-corrected chi connectivity index (χ4v) is 7.07. The fourth-order valence-electron chi connectivity index (χ4n) is 4.48. The summed E-state index contributed by atoms with van der Waals surface area (Å²) in [5.41, 5.74) is 1.32. The summed E-state index contributed by atoms with van der Waals surface area (Å²) >= 11 is 1.49. The van der Waals surface area contributed by atoms with Crippen LogP contribution in [0, 0.1) is 5.92 Å². The monoisotopic (exact) mass is 514 g/mol. The van der Waals surface area contributed by atoms with Gasteiger partial charge in [-0.05, 0) is 68.2 Å². The van der Waals surface area contributed by atoms with Crippen LogP contribution in [0.1, 0.15) is 44.0 Å². The normalized spacial score (nSPS) is 17.2. The Morgan fingerprint density at radius 1 is 1.09 bits per heavy atom. The number of amides is 1. The number of rotatable bonds is 9. The molecule has 0 radical (unpaired) electrons. The first-order valence-corrected chi connectivity index (χ1v) is 14.6. The van der Waals surface area contributed by atoms with Crippen molar-refractivity contribution in [1.29, 1.82) is 0 Å². The van der Waals surface area contributed by atoms with Crippen LogP contribution in [0.2, 0.25) is 0 Å². The Morgan fingerprint density at radius 2 is 1.80 bits per heavy atom. The highest BCUT2D eigenvalue weighted by Gasteiger charge is 2.29. The molecule has 1 amide bonds. The summed E-state index contributed by atoms with van der Waals surface area (Å²) in [5.74, 6) is 0.180. The van der Waals surface area contributed by atoms with E-state index in [2.05, 4.69) is 25.7 Å². The topological polar surface area (TPSA) is 73.8 Å².